The van der Waals surface area contributed by atoms with Crippen LogP contribution in [0.5, 0.6) is 0 Å². The van der Waals surface area contributed by atoms with Gasteiger partial charge in [-0.25, -0.2) is 0 Å². The minimum Gasteiger partial charge on any atom is -0.387 e. The van der Waals surface area contributed by atoms with E-state index in [1.807, 2.05) is 19.9 Å². The molecule has 60 valence electrons. The Morgan fingerprint density at radius 3 is 2.50 bits per heavy atom. The molecule has 2 atom stereocenters. The Balaban J connectivity index is 3.60. The highest BCUT2D eigenvalue weighted by atomic mass is 16.3. The molecule has 3 N–H and O–H groups in total. The second kappa shape index (κ2) is 5.45. The van der Waals surface area contributed by atoms with Crippen LogP contribution in [0.15, 0.2) is 12.2 Å². The monoisotopic (exact) mass is 143 g/mol. The molecule has 0 bridgehead atoms. The Bertz CT molecular complexity index is 101. The molecule has 0 rings (SSSR count). The molecule has 10 heavy (non-hydrogen) atoms. The highest BCUT2D eigenvalue weighted by Gasteiger charge is 2.06. The van der Waals surface area contributed by atoms with Gasteiger partial charge in [0.1, 0.15) is 0 Å². The van der Waals surface area contributed by atoms with Crippen LogP contribution < -0.4 is 5.73 Å². The molecule has 2 nitrogen and oxygen atoms in total. The van der Waals surface area contributed by atoms with Crippen molar-refractivity contribution in [3.8, 4) is 0 Å². The quantitative estimate of drug-likeness (QED) is 0.578. The largest absolute Gasteiger partial charge is 0.387 e. The fraction of sp³-hybridized carbons (Fsp3) is 0.750. The predicted octanol–water partition coefficient (Wildman–Crippen LogP) is 1.05. The van der Waals surface area contributed by atoms with Gasteiger partial charge in [0.2, 0.25) is 0 Å². The number of allylic oxidation sites excluding steroid dienone is 1. The lowest BCUT2D eigenvalue weighted by molar-refractivity contribution is 0.188. The summed E-state index contributed by atoms with van der Waals surface area (Å²) in [5, 5.41) is 9.24. The van der Waals surface area contributed by atoms with Gasteiger partial charge in [-0.2, -0.15) is 0 Å². The van der Waals surface area contributed by atoms with Crippen LogP contribution in [-0.2, 0) is 0 Å². The van der Waals surface area contributed by atoms with Crippen molar-refractivity contribution < 1.29 is 5.11 Å². The molecular formula is C8H17NO. The van der Waals surface area contributed by atoms with E-state index in [1.165, 1.54) is 0 Å². The lowest BCUT2D eigenvalue weighted by Gasteiger charge is -2.12. The van der Waals surface area contributed by atoms with Crippen molar-refractivity contribution in [2.45, 2.75) is 38.8 Å². The lowest BCUT2D eigenvalue weighted by Crippen LogP contribution is -2.32. The fourth-order valence-electron chi connectivity index (χ4n) is 0.660. The molecule has 0 aliphatic rings. The van der Waals surface area contributed by atoms with Crippen molar-refractivity contribution in [1.82, 2.24) is 0 Å². The van der Waals surface area contributed by atoms with E-state index in [-0.39, 0.29) is 6.04 Å². The van der Waals surface area contributed by atoms with E-state index in [1.54, 1.807) is 6.08 Å². The molecule has 0 amide bonds. The lowest BCUT2D eigenvalue weighted by atomic mass is 10.1. The third-order valence-corrected chi connectivity index (χ3v) is 1.48. The average Bonchev–Trinajstić information content (AvgIpc) is 1.98. The number of hydrogen-bond acceptors (Lipinski definition) is 2. The van der Waals surface area contributed by atoms with Gasteiger partial charge in [0.15, 0.2) is 0 Å². The number of aliphatic hydroxyl groups is 1. The van der Waals surface area contributed by atoms with Crippen LogP contribution in [0.25, 0.3) is 0 Å². The summed E-state index contributed by atoms with van der Waals surface area (Å²) in [6, 6.07) is -0.109. The zero-order chi connectivity index (χ0) is 7.98. The molecule has 0 aliphatic carbocycles. The van der Waals surface area contributed by atoms with E-state index in [0.29, 0.717) is 0 Å². The molecule has 0 radical (unpaired) electrons. The van der Waals surface area contributed by atoms with Crippen LogP contribution in [0.2, 0.25) is 0 Å². The highest BCUT2D eigenvalue weighted by molar-refractivity contribution is 4.92. The fourth-order valence-corrected chi connectivity index (χ4v) is 0.660. The van der Waals surface area contributed by atoms with Gasteiger partial charge in [-0.05, 0) is 12.8 Å². The molecule has 0 aromatic heterocycles. The molecule has 0 aromatic carbocycles. The number of hydrogen-bond donors (Lipinski definition) is 2. The molecule has 2 heteroatoms. The topological polar surface area (TPSA) is 46.2 Å². The Morgan fingerprint density at radius 1 is 1.50 bits per heavy atom. The maximum absolute atomic E-state index is 9.24. The summed E-state index contributed by atoms with van der Waals surface area (Å²) >= 11 is 0. The van der Waals surface area contributed by atoms with Gasteiger partial charge in [-0.1, -0.05) is 26.0 Å². The first-order valence-electron chi connectivity index (χ1n) is 3.82. The van der Waals surface area contributed by atoms with E-state index in [0.717, 1.165) is 12.8 Å². The SMILES string of the molecule is CCC=CC(O)C(N)CC. The van der Waals surface area contributed by atoms with Gasteiger partial charge < -0.3 is 10.8 Å². The van der Waals surface area contributed by atoms with Crippen LogP contribution in [-0.4, -0.2) is 17.3 Å². The van der Waals surface area contributed by atoms with Crippen LogP contribution >= 0.6 is 0 Å². The first-order valence-corrected chi connectivity index (χ1v) is 3.82. The Labute approximate surface area is 62.7 Å². The second-order valence-electron chi connectivity index (χ2n) is 2.40. The first kappa shape index (κ1) is 9.66. The normalized spacial score (nSPS) is 17.6. The van der Waals surface area contributed by atoms with Crippen molar-refractivity contribution in [2.24, 2.45) is 5.73 Å². The summed E-state index contributed by atoms with van der Waals surface area (Å²) in [7, 11) is 0. The predicted molar refractivity (Wildman–Crippen MR) is 43.7 cm³/mol. The Kier molecular flexibility index (Phi) is 5.26. The summed E-state index contributed by atoms with van der Waals surface area (Å²) < 4.78 is 0. The van der Waals surface area contributed by atoms with Gasteiger partial charge in [0, 0.05) is 6.04 Å². The number of aliphatic hydroxyl groups excluding tert-OH is 1. The summed E-state index contributed by atoms with van der Waals surface area (Å²) in [6.45, 7) is 3.99. The van der Waals surface area contributed by atoms with Gasteiger partial charge in [-0.15, -0.1) is 0 Å². The average molecular weight is 143 g/mol. The van der Waals surface area contributed by atoms with Crippen LogP contribution in [0, 0.1) is 0 Å². The van der Waals surface area contributed by atoms with Crippen molar-refractivity contribution >= 4 is 0 Å². The summed E-state index contributed by atoms with van der Waals surface area (Å²) in [6.07, 6.45) is 4.99. The molecular weight excluding hydrogens is 126 g/mol. The number of nitrogens with two attached hydrogens (primary N) is 1. The van der Waals surface area contributed by atoms with Crippen LogP contribution in [0.3, 0.4) is 0 Å². The molecule has 0 aliphatic heterocycles. The van der Waals surface area contributed by atoms with E-state index >= 15 is 0 Å². The van der Waals surface area contributed by atoms with Crippen molar-refractivity contribution in [2.75, 3.05) is 0 Å². The zero-order valence-corrected chi connectivity index (χ0v) is 6.75. The second-order valence-corrected chi connectivity index (χ2v) is 2.40. The standard InChI is InChI=1S/C8H17NO/c1-3-5-6-8(10)7(9)4-2/h5-8,10H,3-4,9H2,1-2H3. The highest BCUT2D eigenvalue weighted by Crippen LogP contribution is 1.97. The Morgan fingerprint density at radius 2 is 2.10 bits per heavy atom. The maximum atomic E-state index is 9.24. The molecule has 0 aromatic rings. The maximum Gasteiger partial charge on any atom is 0.0871 e. The van der Waals surface area contributed by atoms with Crippen molar-refractivity contribution in [3.05, 3.63) is 12.2 Å². The van der Waals surface area contributed by atoms with E-state index in [2.05, 4.69) is 0 Å². The minimum absolute atomic E-state index is 0.109. The van der Waals surface area contributed by atoms with Gasteiger partial charge in [0.25, 0.3) is 0 Å². The zero-order valence-electron chi connectivity index (χ0n) is 6.75. The molecule has 0 fully saturated rings. The van der Waals surface area contributed by atoms with Gasteiger partial charge in [-0.3, -0.25) is 0 Å². The summed E-state index contributed by atoms with van der Waals surface area (Å²) in [4.78, 5) is 0. The number of rotatable bonds is 4. The smallest absolute Gasteiger partial charge is 0.0871 e. The van der Waals surface area contributed by atoms with Crippen molar-refractivity contribution in [3.63, 3.8) is 0 Å². The minimum atomic E-state index is -0.468. The molecule has 0 saturated heterocycles. The molecule has 0 spiro atoms. The van der Waals surface area contributed by atoms with Crippen LogP contribution in [0.4, 0.5) is 0 Å². The Hall–Kier alpha value is -0.340. The first-order chi connectivity index (χ1) is 4.72. The van der Waals surface area contributed by atoms with E-state index in [4.69, 9.17) is 5.73 Å². The third-order valence-electron chi connectivity index (χ3n) is 1.48. The van der Waals surface area contributed by atoms with E-state index in [9.17, 15) is 5.11 Å². The summed E-state index contributed by atoms with van der Waals surface area (Å²) in [5.74, 6) is 0. The molecule has 2 unspecified atom stereocenters. The molecule has 0 saturated carbocycles. The van der Waals surface area contributed by atoms with Gasteiger partial charge in [0.05, 0.1) is 6.10 Å². The van der Waals surface area contributed by atoms with E-state index < -0.39 is 6.10 Å². The summed E-state index contributed by atoms with van der Waals surface area (Å²) in [5.41, 5.74) is 5.56. The third kappa shape index (κ3) is 3.64. The molecule has 0 heterocycles. The van der Waals surface area contributed by atoms with Gasteiger partial charge >= 0.3 is 0 Å². The van der Waals surface area contributed by atoms with Crippen molar-refractivity contribution in [1.29, 1.82) is 0 Å². The van der Waals surface area contributed by atoms with Crippen LogP contribution in [0.1, 0.15) is 26.7 Å².